The fraction of sp³-hybridized carbons (Fsp3) is 0.694. The molecule has 9 heteroatoms. The van der Waals surface area contributed by atoms with Crippen molar-refractivity contribution in [3.8, 4) is 0 Å². The van der Waals surface area contributed by atoms with E-state index >= 15 is 0 Å². The minimum absolute atomic E-state index is 0.0188. The van der Waals surface area contributed by atoms with E-state index in [9.17, 15) is 24.6 Å². The van der Waals surface area contributed by atoms with Crippen molar-refractivity contribution in [1.82, 2.24) is 10.9 Å². The molecule has 4 aliphatic rings. The van der Waals surface area contributed by atoms with Crippen LogP contribution >= 0.6 is 11.3 Å². The number of esters is 1. The number of rotatable bonds is 6. The van der Waals surface area contributed by atoms with Crippen LogP contribution in [0.3, 0.4) is 0 Å². The first-order valence-electron chi connectivity index (χ1n) is 16.7. The first kappa shape index (κ1) is 33.9. The highest BCUT2D eigenvalue weighted by Crippen LogP contribution is 2.74. The van der Waals surface area contributed by atoms with E-state index in [-0.39, 0.29) is 46.0 Å². The molecule has 0 spiro atoms. The molecule has 0 bridgehead atoms. The van der Waals surface area contributed by atoms with Crippen molar-refractivity contribution in [2.45, 2.75) is 118 Å². The molecule has 1 aromatic rings. The molecule has 8 nitrogen and oxygen atoms in total. The van der Waals surface area contributed by atoms with Gasteiger partial charge in [-0.3, -0.25) is 25.2 Å². The molecule has 1 heterocycles. The Hall–Kier alpha value is -2.49. The van der Waals surface area contributed by atoms with Gasteiger partial charge in [0.25, 0.3) is 11.8 Å². The summed E-state index contributed by atoms with van der Waals surface area (Å²) in [6, 6.07) is 3.48. The first-order chi connectivity index (χ1) is 21.1. The van der Waals surface area contributed by atoms with Crippen LogP contribution in [0.2, 0.25) is 0 Å². The molecule has 0 saturated heterocycles. The van der Waals surface area contributed by atoms with E-state index in [2.05, 4.69) is 44.6 Å². The van der Waals surface area contributed by atoms with Gasteiger partial charge in [0, 0.05) is 12.5 Å². The van der Waals surface area contributed by atoms with Gasteiger partial charge in [-0.15, -0.1) is 11.3 Å². The second-order valence-corrected chi connectivity index (χ2v) is 16.2. The van der Waals surface area contributed by atoms with Gasteiger partial charge < -0.3 is 14.9 Å². The standard InChI is InChI=1S/C36H52N2O6S/c1-20(2)10-8-11-23(32(42)37-38-33(43)29-12-9-17-45-29)30-25-18-27(41)31-34(5)15-14-26(40)21(3)24(34)13-16-35(31,6)36(25,7)19-28(30)44-22(4)39/h9-10,12,17,21,24-28,31,40-41H,8,11,13-16,18-19H2,1-7H3,(H,37,42)(H,38,43)/b30-23-/t21-,24-,25-,26+,27+,28-,31-,34-,35-,36-/m0/s1. The van der Waals surface area contributed by atoms with Crippen LogP contribution in [-0.2, 0) is 14.3 Å². The maximum Gasteiger partial charge on any atom is 0.303 e. The molecule has 0 unspecified atom stereocenters. The van der Waals surface area contributed by atoms with Gasteiger partial charge in [0.05, 0.1) is 17.1 Å². The number of ether oxygens (including phenoxy) is 1. The SMILES string of the molecule is CC(=O)O[C@H]1C[C@@]2(C)[C@@H](C[C@@H](O)[C@H]3[C@@]4(C)CC[C@@H](O)[C@@H](C)[C@@H]4CC[C@@]32C)/C1=C(\CCC=C(C)C)C(=O)NNC(=O)c1cccs1. The number of carbonyl (C=O) groups is 3. The van der Waals surface area contributed by atoms with Crippen molar-refractivity contribution in [2.75, 3.05) is 0 Å². The Morgan fingerprint density at radius 1 is 1.04 bits per heavy atom. The number of carbonyl (C=O) groups excluding carboxylic acids is 3. The number of thiophene rings is 1. The number of hydrogen-bond acceptors (Lipinski definition) is 7. The van der Waals surface area contributed by atoms with E-state index < -0.39 is 24.1 Å². The zero-order chi connectivity index (χ0) is 32.9. The Kier molecular flexibility index (Phi) is 9.49. The first-order valence-corrected chi connectivity index (χ1v) is 17.6. The van der Waals surface area contributed by atoms with Gasteiger partial charge in [0.15, 0.2) is 0 Å². The van der Waals surface area contributed by atoms with Crippen LogP contribution in [-0.4, -0.2) is 46.3 Å². The van der Waals surface area contributed by atoms with Crippen LogP contribution in [0.25, 0.3) is 0 Å². The molecule has 4 aliphatic carbocycles. The van der Waals surface area contributed by atoms with Crippen molar-refractivity contribution in [3.63, 3.8) is 0 Å². The van der Waals surface area contributed by atoms with Crippen LogP contribution in [0.1, 0.15) is 110 Å². The minimum atomic E-state index is -0.602. The highest BCUT2D eigenvalue weighted by Gasteiger charge is 2.70. The van der Waals surface area contributed by atoms with Crippen molar-refractivity contribution < 1.29 is 29.3 Å². The van der Waals surface area contributed by atoms with Crippen molar-refractivity contribution >= 4 is 29.1 Å². The lowest BCUT2D eigenvalue weighted by Gasteiger charge is -2.69. The Morgan fingerprint density at radius 3 is 2.42 bits per heavy atom. The van der Waals surface area contributed by atoms with Gasteiger partial charge in [-0.25, -0.2) is 0 Å². The molecule has 248 valence electrons. The lowest BCUT2D eigenvalue weighted by molar-refractivity contribution is -0.234. The number of aliphatic hydroxyl groups is 2. The van der Waals surface area contributed by atoms with Gasteiger partial charge in [0.2, 0.25) is 0 Å². The normalized spacial score (nSPS) is 39.9. The lowest BCUT2D eigenvalue weighted by atomic mass is 9.36. The summed E-state index contributed by atoms with van der Waals surface area (Å²) in [4.78, 5) is 39.8. The molecule has 0 radical (unpaired) electrons. The predicted octanol–water partition coefficient (Wildman–Crippen LogP) is 6.10. The maximum absolute atomic E-state index is 14.0. The number of hydrogen-bond donors (Lipinski definition) is 4. The van der Waals surface area contributed by atoms with E-state index in [1.54, 1.807) is 17.5 Å². The third-order valence-electron chi connectivity index (χ3n) is 12.6. The summed E-state index contributed by atoms with van der Waals surface area (Å²) in [5.74, 6) is -0.856. The number of allylic oxidation sites excluding steroid dienone is 2. The average Bonchev–Trinajstić information content (AvgIpc) is 3.59. The fourth-order valence-corrected chi connectivity index (χ4v) is 11.1. The molecule has 5 rings (SSSR count). The maximum atomic E-state index is 14.0. The van der Waals surface area contributed by atoms with E-state index in [0.717, 1.165) is 36.8 Å². The van der Waals surface area contributed by atoms with Crippen LogP contribution < -0.4 is 10.9 Å². The minimum Gasteiger partial charge on any atom is -0.458 e. The monoisotopic (exact) mass is 640 g/mol. The zero-order valence-corrected chi connectivity index (χ0v) is 28.8. The number of hydrazine groups is 1. The third kappa shape index (κ3) is 5.82. The Morgan fingerprint density at radius 2 is 1.78 bits per heavy atom. The molecule has 0 aromatic carbocycles. The van der Waals surface area contributed by atoms with Gasteiger partial charge in [-0.2, -0.15) is 0 Å². The second kappa shape index (κ2) is 12.6. The number of nitrogens with one attached hydrogen (secondary N) is 2. The number of fused-ring (bicyclic) bond motifs is 5. The van der Waals surface area contributed by atoms with E-state index in [1.807, 2.05) is 13.8 Å². The van der Waals surface area contributed by atoms with Gasteiger partial charge >= 0.3 is 5.97 Å². The van der Waals surface area contributed by atoms with Crippen LogP contribution in [0, 0.1) is 39.9 Å². The smallest absolute Gasteiger partial charge is 0.303 e. The number of amides is 2. The zero-order valence-electron chi connectivity index (χ0n) is 27.9. The molecule has 4 saturated carbocycles. The van der Waals surface area contributed by atoms with Crippen LogP contribution in [0.15, 0.2) is 40.3 Å². The van der Waals surface area contributed by atoms with E-state index in [0.29, 0.717) is 42.1 Å². The van der Waals surface area contributed by atoms with Crippen molar-refractivity contribution in [3.05, 3.63) is 45.2 Å². The summed E-state index contributed by atoms with van der Waals surface area (Å²) in [5, 5.41) is 24.7. The molecule has 1 aromatic heterocycles. The average molecular weight is 641 g/mol. The summed E-state index contributed by atoms with van der Waals surface area (Å²) < 4.78 is 6.05. The fourth-order valence-electron chi connectivity index (χ4n) is 10.5. The Labute approximate surface area is 272 Å². The molecule has 4 fully saturated rings. The van der Waals surface area contributed by atoms with Gasteiger partial charge in [-0.05, 0) is 122 Å². The van der Waals surface area contributed by atoms with Crippen LogP contribution in [0.4, 0.5) is 0 Å². The topological polar surface area (TPSA) is 125 Å². The predicted molar refractivity (Wildman–Crippen MR) is 175 cm³/mol. The lowest BCUT2D eigenvalue weighted by Crippen LogP contribution is -2.65. The Balaban J connectivity index is 1.57. The highest BCUT2D eigenvalue weighted by molar-refractivity contribution is 7.12. The van der Waals surface area contributed by atoms with Gasteiger partial charge in [-0.1, -0.05) is 45.4 Å². The van der Waals surface area contributed by atoms with Crippen molar-refractivity contribution in [1.29, 1.82) is 0 Å². The highest BCUT2D eigenvalue weighted by atomic mass is 32.1. The molecule has 0 aliphatic heterocycles. The molecule has 2 amide bonds. The summed E-state index contributed by atoms with van der Waals surface area (Å²) >= 11 is 1.29. The summed E-state index contributed by atoms with van der Waals surface area (Å²) in [6.45, 7) is 14.5. The summed E-state index contributed by atoms with van der Waals surface area (Å²) in [6.07, 6.45) is 6.13. The van der Waals surface area contributed by atoms with E-state index in [1.165, 1.54) is 18.3 Å². The largest absolute Gasteiger partial charge is 0.458 e. The summed E-state index contributed by atoms with van der Waals surface area (Å²) in [5.41, 5.74) is 6.92. The molecular weight excluding hydrogens is 588 g/mol. The molecule has 45 heavy (non-hydrogen) atoms. The molecule has 4 N–H and O–H groups in total. The Bertz CT molecular complexity index is 1370. The quantitative estimate of drug-likeness (QED) is 0.129. The summed E-state index contributed by atoms with van der Waals surface area (Å²) in [7, 11) is 0. The van der Waals surface area contributed by atoms with Crippen molar-refractivity contribution in [2.24, 2.45) is 39.9 Å². The van der Waals surface area contributed by atoms with Gasteiger partial charge in [0.1, 0.15) is 6.10 Å². The van der Waals surface area contributed by atoms with Crippen LogP contribution in [0.5, 0.6) is 0 Å². The third-order valence-corrected chi connectivity index (χ3v) is 13.5. The molecule has 10 atom stereocenters. The molecular formula is C36H52N2O6S. The van der Waals surface area contributed by atoms with E-state index in [4.69, 9.17) is 4.74 Å². The number of aliphatic hydroxyl groups excluding tert-OH is 2. The second-order valence-electron chi connectivity index (χ2n) is 15.2.